The van der Waals surface area contributed by atoms with Gasteiger partial charge in [-0.25, -0.2) is 0 Å². The van der Waals surface area contributed by atoms with Gasteiger partial charge in [-0.1, -0.05) is 25.1 Å². The number of ether oxygens (including phenoxy) is 2. The summed E-state index contributed by atoms with van der Waals surface area (Å²) in [5.41, 5.74) is 1.17. The Morgan fingerprint density at radius 1 is 1.14 bits per heavy atom. The molecule has 1 aliphatic rings. The molecule has 8 heteroatoms. The third-order valence-electron chi connectivity index (χ3n) is 4.34. The Morgan fingerprint density at radius 2 is 1.89 bits per heavy atom. The van der Waals surface area contributed by atoms with E-state index >= 15 is 0 Å². The summed E-state index contributed by atoms with van der Waals surface area (Å²) in [5.74, 6) is 0.215. The van der Waals surface area contributed by atoms with Gasteiger partial charge in [0.1, 0.15) is 12.7 Å². The van der Waals surface area contributed by atoms with E-state index in [4.69, 9.17) is 9.47 Å². The Balaban J connectivity index is 2.03. The van der Waals surface area contributed by atoms with Crippen LogP contribution in [0.5, 0.6) is 11.5 Å². The zero-order chi connectivity index (χ0) is 20.3. The fourth-order valence-corrected chi connectivity index (χ4v) is 3.10. The number of hydrogen-bond donors (Lipinski definition) is 1. The van der Waals surface area contributed by atoms with Crippen LogP contribution in [0.2, 0.25) is 0 Å². The average molecular weight is 394 g/mol. The second-order valence-corrected chi connectivity index (χ2v) is 6.40. The molecule has 0 bridgehead atoms. The predicted molar refractivity (Wildman–Crippen MR) is 98.7 cm³/mol. The molecule has 0 saturated heterocycles. The van der Waals surface area contributed by atoms with Gasteiger partial charge in [-0.15, -0.1) is 0 Å². The molecule has 0 aliphatic carbocycles. The first-order valence-corrected chi connectivity index (χ1v) is 8.88. The molecule has 28 heavy (non-hydrogen) atoms. The van der Waals surface area contributed by atoms with Crippen molar-refractivity contribution in [3.63, 3.8) is 0 Å². The van der Waals surface area contributed by atoms with Gasteiger partial charge in [0.15, 0.2) is 11.5 Å². The summed E-state index contributed by atoms with van der Waals surface area (Å²) >= 11 is 0. The van der Waals surface area contributed by atoms with Crippen molar-refractivity contribution in [3.8, 4) is 11.5 Å². The number of amides is 1. The number of fused-ring (bicyclic) bond motifs is 1. The highest BCUT2D eigenvalue weighted by atomic mass is 19.4. The monoisotopic (exact) mass is 394 g/mol. The van der Waals surface area contributed by atoms with Crippen LogP contribution in [0, 0.1) is 0 Å². The number of alkyl halides is 3. The number of para-hydroxylation sites is 1. The number of nitrogens with one attached hydrogen (secondary N) is 1. The highest BCUT2D eigenvalue weighted by Crippen LogP contribution is 2.38. The standard InChI is InChI=1S/C20H21F3N2O3/c1-3-10-28-17-11-13(8-9-16(17)27-2)18-24-15-7-5-4-6-14(15)19(26)25(18)12-20(21,22)23/h4-9,11,18,24H,3,10,12H2,1-2H3/t18-/m1/s1. The molecule has 0 spiro atoms. The largest absolute Gasteiger partial charge is 0.493 e. The zero-order valence-electron chi connectivity index (χ0n) is 15.5. The van der Waals surface area contributed by atoms with Crippen LogP contribution in [-0.2, 0) is 0 Å². The molecule has 3 rings (SSSR count). The number of halogens is 3. The van der Waals surface area contributed by atoms with Gasteiger partial charge >= 0.3 is 6.18 Å². The number of hydrogen-bond acceptors (Lipinski definition) is 4. The van der Waals surface area contributed by atoms with E-state index in [9.17, 15) is 18.0 Å². The van der Waals surface area contributed by atoms with Crippen molar-refractivity contribution in [2.75, 3.05) is 25.6 Å². The van der Waals surface area contributed by atoms with E-state index < -0.39 is 24.8 Å². The molecule has 2 aromatic rings. The molecule has 1 amide bonds. The maximum absolute atomic E-state index is 13.2. The average Bonchev–Trinajstić information content (AvgIpc) is 2.67. The van der Waals surface area contributed by atoms with Gasteiger partial charge < -0.3 is 19.7 Å². The van der Waals surface area contributed by atoms with Crippen LogP contribution in [0.15, 0.2) is 42.5 Å². The van der Waals surface area contributed by atoms with E-state index in [0.717, 1.165) is 11.3 Å². The zero-order valence-corrected chi connectivity index (χ0v) is 15.5. The van der Waals surface area contributed by atoms with E-state index in [0.29, 0.717) is 29.4 Å². The van der Waals surface area contributed by atoms with Gasteiger partial charge in [0.25, 0.3) is 5.91 Å². The quantitative estimate of drug-likeness (QED) is 0.777. The fourth-order valence-electron chi connectivity index (χ4n) is 3.10. The fraction of sp³-hybridized carbons (Fsp3) is 0.350. The minimum atomic E-state index is -4.53. The van der Waals surface area contributed by atoms with Crippen molar-refractivity contribution >= 4 is 11.6 Å². The molecular formula is C20H21F3N2O3. The van der Waals surface area contributed by atoms with Crippen molar-refractivity contribution in [2.24, 2.45) is 0 Å². The van der Waals surface area contributed by atoms with Gasteiger partial charge in [-0.3, -0.25) is 4.79 Å². The minimum absolute atomic E-state index is 0.207. The van der Waals surface area contributed by atoms with Crippen molar-refractivity contribution in [2.45, 2.75) is 25.7 Å². The Bertz CT molecular complexity index is 855. The van der Waals surface area contributed by atoms with Crippen LogP contribution in [0.4, 0.5) is 18.9 Å². The molecule has 1 N–H and O–H groups in total. The normalized spacial score (nSPS) is 16.4. The molecule has 2 aromatic carbocycles. The lowest BCUT2D eigenvalue weighted by molar-refractivity contribution is -0.144. The molecule has 1 heterocycles. The van der Waals surface area contributed by atoms with Crippen LogP contribution in [-0.4, -0.2) is 37.2 Å². The molecule has 0 saturated carbocycles. The van der Waals surface area contributed by atoms with E-state index in [1.54, 1.807) is 36.4 Å². The van der Waals surface area contributed by atoms with Gasteiger partial charge in [-0.05, 0) is 36.2 Å². The SMILES string of the molecule is CCCOc1cc([C@@H]2Nc3ccccc3C(=O)N2CC(F)(F)F)ccc1OC. The van der Waals surface area contributed by atoms with Crippen molar-refractivity contribution in [1.29, 1.82) is 0 Å². The summed E-state index contributed by atoms with van der Waals surface area (Å²) in [7, 11) is 1.49. The van der Waals surface area contributed by atoms with Crippen molar-refractivity contribution < 1.29 is 27.4 Å². The first-order chi connectivity index (χ1) is 13.3. The summed E-state index contributed by atoms with van der Waals surface area (Å²) in [6.07, 6.45) is -4.75. The number of carbonyl (C=O) groups excluding carboxylic acids is 1. The number of methoxy groups -OCH3 is 1. The highest BCUT2D eigenvalue weighted by molar-refractivity contribution is 6.01. The number of carbonyl (C=O) groups is 1. The maximum atomic E-state index is 13.2. The van der Waals surface area contributed by atoms with E-state index in [2.05, 4.69) is 5.32 Å². The molecule has 0 unspecified atom stereocenters. The van der Waals surface area contributed by atoms with Crippen molar-refractivity contribution in [1.82, 2.24) is 4.90 Å². The van der Waals surface area contributed by atoms with E-state index in [-0.39, 0.29) is 5.56 Å². The van der Waals surface area contributed by atoms with Gasteiger partial charge in [0.05, 0.1) is 19.3 Å². The van der Waals surface area contributed by atoms with Crippen LogP contribution < -0.4 is 14.8 Å². The number of nitrogens with zero attached hydrogens (tertiary/aromatic N) is 1. The number of rotatable bonds is 6. The first-order valence-electron chi connectivity index (χ1n) is 8.88. The highest BCUT2D eigenvalue weighted by Gasteiger charge is 2.40. The second-order valence-electron chi connectivity index (χ2n) is 6.40. The van der Waals surface area contributed by atoms with Gasteiger partial charge in [0.2, 0.25) is 0 Å². The lowest BCUT2D eigenvalue weighted by Crippen LogP contribution is -2.47. The molecular weight excluding hydrogens is 373 g/mol. The summed E-state index contributed by atoms with van der Waals surface area (Å²) in [6, 6.07) is 11.4. The maximum Gasteiger partial charge on any atom is 0.406 e. The second kappa shape index (κ2) is 8.00. The number of benzene rings is 2. The van der Waals surface area contributed by atoms with Crippen LogP contribution in [0.25, 0.3) is 0 Å². The Hall–Kier alpha value is -2.90. The van der Waals surface area contributed by atoms with E-state index in [1.807, 2.05) is 6.92 Å². The summed E-state index contributed by atoms with van der Waals surface area (Å²) < 4.78 is 50.5. The van der Waals surface area contributed by atoms with Gasteiger partial charge in [-0.2, -0.15) is 13.2 Å². The molecule has 5 nitrogen and oxygen atoms in total. The topological polar surface area (TPSA) is 50.8 Å². The van der Waals surface area contributed by atoms with Crippen LogP contribution in [0.3, 0.4) is 0 Å². The lowest BCUT2D eigenvalue weighted by atomic mass is 10.0. The molecule has 0 aromatic heterocycles. The predicted octanol–water partition coefficient (Wildman–Crippen LogP) is 4.61. The third kappa shape index (κ3) is 4.16. The Labute approximate surface area is 161 Å². The van der Waals surface area contributed by atoms with Crippen LogP contribution >= 0.6 is 0 Å². The lowest BCUT2D eigenvalue weighted by Gasteiger charge is -2.38. The number of anilines is 1. The molecule has 150 valence electrons. The molecule has 0 radical (unpaired) electrons. The summed E-state index contributed by atoms with van der Waals surface area (Å²) in [4.78, 5) is 13.6. The van der Waals surface area contributed by atoms with Crippen LogP contribution in [0.1, 0.15) is 35.4 Å². The molecule has 0 fully saturated rings. The van der Waals surface area contributed by atoms with Gasteiger partial charge in [0, 0.05) is 5.69 Å². The first kappa shape index (κ1) is 19.9. The summed E-state index contributed by atoms with van der Waals surface area (Å²) in [5, 5.41) is 3.05. The molecule has 1 aliphatic heterocycles. The van der Waals surface area contributed by atoms with E-state index in [1.165, 1.54) is 13.2 Å². The molecule has 1 atom stereocenters. The minimum Gasteiger partial charge on any atom is -0.493 e. The Morgan fingerprint density at radius 3 is 2.57 bits per heavy atom. The third-order valence-corrected chi connectivity index (χ3v) is 4.34. The Kier molecular flexibility index (Phi) is 5.67. The summed E-state index contributed by atoms with van der Waals surface area (Å²) in [6.45, 7) is 1.01. The smallest absolute Gasteiger partial charge is 0.406 e. The van der Waals surface area contributed by atoms with Crippen molar-refractivity contribution in [3.05, 3.63) is 53.6 Å².